The van der Waals surface area contributed by atoms with Crippen molar-refractivity contribution in [2.45, 2.75) is 9.79 Å². The molecule has 0 amide bonds. The summed E-state index contributed by atoms with van der Waals surface area (Å²) in [5.41, 5.74) is 0.938. The summed E-state index contributed by atoms with van der Waals surface area (Å²) in [6, 6.07) is 12.0. The van der Waals surface area contributed by atoms with Gasteiger partial charge in [-0.25, -0.2) is 0 Å². The summed E-state index contributed by atoms with van der Waals surface area (Å²) in [4.78, 5) is 12.2. The fraction of sp³-hybridized carbons (Fsp3) is 0. The molecule has 0 atom stereocenters. The first-order valence-corrected chi connectivity index (χ1v) is 6.64. The van der Waals surface area contributed by atoms with Gasteiger partial charge in [-0.15, -0.1) is 0 Å². The summed E-state index contributed by atoms with van der Waals surface area (Å²) < 4.78 is 0. The topological polar surface area (TPSA) is 43.1 Å². The molecule has 0 saturated heterocycles. The lowest BCUT2D eigenvalue weighted by atomic mass is 10.2. The lowest BCUT2D eigenvalue weighted by Gasteiger charge is -2.06. The van der Waals surface area contributed by atoms with Gasteiger partial charge in [-0.3, -0.25) is 10.1 Å². The van der Waals surface area contributed by atoms with Gasteiger partial charge in [0, 0.05) is 26.9 Å². The average Bonchev–Trinajstić information content (AvgIpc) is 2.41. The third-order valence-electron chi connectivity index (χ3n) is 2.47. The molecule has 96 valence electrons. The van der Waals surface area contributed by atoms with E-state index in [1.165, 1.54) is 17.8 Å². The Bertz CT molecular complexity index is 626. The van der Waals surface area contributed by atoms with Crippen LogP contribution in [-0.4, -0.2) is 4.92 Å². The number of rotatable bonds is 4. The molecule has 0 N–H and O–H groups in total. The zero-order valence-electron chi connectivity index (χ0n) is 9.88. The lowest BCUT2D eigenvalue weighted by molar-refractivity contribution is -0.385. The number of nitrogens with zero attached hydrogens (tertiary/aromatic N) is 1. The lowest BCUT2D eigenvalue weighted by Crippen LogP contribution is -1.89. The zero-order valence-corrected chi connectivity index (χ0v) is 11.4. The van der Waals surface area contributed by atoms with Crippen LogP contribution in [0.15, 0.2) is 58.8 Å². The Morgan fingerprint density at radius 3 is 2.47 bits per heavy atom. The predicted molar refractivity (Wildman–Crippen MR) is 78.8 cm³/mol. The summed E-state index contributed by atoms with van der Waals surface area (Å²) in [5, 5.41) is 11.5. The van der Waals surface area contributed by atoms with Crippen molar-refractivity contribution in [2.75, 3.05) is 0 Å². The van der Waals surface area contributed by atoms with Crippen LogP contribution in [0.4, 0.5) is 5.69 Å². The van der Waals surface area contributed by atoms with Crippen molar-refractivity contribution in [2.24, 2.45) is 0 Å². The first-order valence-electron chi connectivity index (χ1n) is 5.44. The van der Waals surface area contributed by atoms with E-state index in [1.807, 2.05) is 12.1 Å². The van der Waals surface area contributed by atoms with Gasteiger partial charge in [0.25, 0.3) is 5.69 Å². The number of benzene rings is 2. The highest BCUT2D eigenvalue weighted by Crippen LogP contribution is 2.34. The molecule has 0 spiro atoms. The van der Waals surface area contributed by atoms with E-state index < -0.39 is 4.92 Å². The van der Waals surface area contributed by atoms with Crippen molar-refractivity contribution < 1.29 is 4.92 Å². The molecular formula is C14H10ClNO2S. The Balaban J connectivity index is 2.36. The molecule has 0 aromatic heterocycles. The van der Waals surface area contributed by atoms with Crippen LogP contribution in [0.1, 0.15) is 5.56 Å². The highest BCUT2D eigenvalue weighted by Gasteiger charge is 2.10. The second kappa shape index (κ2) is 5.91. The average molecular weight is 292 g/mol. The molecule has 0 unspecified atom stereocenters. The molecule has 0 radical (unpaired) electrons. The standard InChI is InChI=1S/C14H10ClNO2S/c1-2-10-3-6-12(16(17)18)9-14(10)19-13-7-4-11(15)5-8-13/h2-9H,1H2. The zero-order chi connectivity index (χ0) is 13.8. The summed E-state index contributed by atoms with van der Waals surface area (Å²) in [6.07, 6.45) is 1.68. The highest BCUT2D eigenvalue weighted by molar-refractivity contribution is 7.99. The monoisotopic (exact) mass is 291 g/mol. The minimum atomic E-state index is -0.404. The van der Waals surface area contributed by atoms with E-state index in [-0.39, 0.29) is 5.69 Å². The van der Waals surface area contributed by atoms with E-state index in [0.29, 0.717) is 5.02 Å². The van der Waals surface area contributed by atoms with Crippen LogP contribution < -0.4 is 0 Å². The number of hydrogen-bond acceptors (Lipinski definition) is 3. The molecule has 0 bridgehead atoms. The van der Waals surface area contributed by atoms with E-state index in [0.717, 1.165) is 15.4 Å². The van der Waals surface area contributed by atoms with Crippen LogP contribution >= 0.6 is 23.4 Å². The number of non-ortho nitro benzene ring substituents is 1. The second-order valence-electron chi connectivity index (χ2n) is 3.74. The Morgan fingerprint density at radius 1 is 1.21 bits per heavy atom. The summed E-state index contributed by atoms with van der Waals surface area (Å²) in [7, 11) is 0. The van der Waals surface area contributed by atoms with Gasteiger partial charge in [0.15, 0.2) is 0 Å². The Morgan fingerprint density at radius 2 is 1.89 bits per heavy atom. The summed E-state index contributed by atoms with van der Waals surface area (Å²) >= 11 is 7.27. The third kappa shape index (κ3) is 3.36. The molecule has 0 aliphatic heterocycles. The van der Waals surface area contributed by atoms with Crippen molar-refractivity contribution in [3.63, 3.8) is 0 Å². The van der Waals surface area contributed by atoms with Crippen molar-refractivity contribution in [3.05, 3.63) is 69.7 Å². The van der Waals surface area contributed by atoms with E-state index >= 15 is 0 Å². The maximum absolute atomic E-state index is 10.8. The van der Waals surface area contributed by atoms with Crippen molar-refractivity contribution >= 4 is 35.1 Å². The van der Waals surface area contributed by atoms with Crippen LogP contribution in [0.5, 0.6) is 0 Å². The molecule has 5 heteroatoms. The predicted octanol–water partition coefficient (Wildman–Crippen LogP) is 5.04. The molecule has 3 nitrogen and oxygen atoms in total. The molecule has 0 fully saturated rings. The molecule has 0 aliphatic rings. The minimum absolute atomic E-state index is 0.0714. The number of halogens is 1. The molecule has 2 aromatic carbocycles. The van der Waals surface area contributed by atoms with Crippen LogP contribution in [0, 0.1) is 10.1 Å². The number of hydrogen-bond donors (Lipinski definition) is 0. The van der Waals surface area contributed by atoms with Crippen LogP contribution in [0.2, 0.25) is 5.02 Å². The van der Waals surface area contributed by atoms with Gasteiger partial charge in [0.1, 0.15) is 0 Å². The van der Waals surface area contributed by atoms with Gasteiger partial charge in [-0.1, -0.05) is 36.0 Å². The van der Waals surface area contributed by atoms with Gasteiger partial charge in [-0.05, 0) is 35.9 Å². The van der Waals surface area contributed by atoms with Crippen molar-refractivity contribution in [1.82, 2.24) is 0 Å². The van der Waals surface area contributed by atoms with Gasteiger partial charge in [0.05, 0.1) is 4.92 Å². The summed E-state index contributed by atoms with van der Waals surface area (Å²) in [5.74, 6) is 0. The molecule has 19 heavy (non-hydrogen) atoms. The van der Waals surface area contributed by atoms with Crippen LogP contribution in [-0.2, 0) is 0 Å². The molecule has 0 heterocycles. The maximum Gasteiger partial charge on any atom is 0.270 e. The van der Waals surface area contributed by atoms with Gasteiger partial charge in [0.2, 0.25) is 0 Å². The fourth-order valence-corrected chi connectivity index (χ4v) is 2.62. The first-order chi connectivity index (χ1) is 9.10. The molecule has 2 aromatic rings. The molecule has 0 saturated carbocycles. The third-order valence-corrected chi connectivity index (χ3v) is 3.80. The summed E-state index contributed by atoms with van der Waals surface area (Å²) in [6.45, 7) is 3.72. The van der Waals surface area contributed by atoms with Crippen molar-refractivity contribution in [3.8, 4) is 0 Å². The van der Waals surface area contributed by atoms with Gasteiger partial charge < -0.3 is 0 Å². The molecule has 0 aliphatic carbocycles. The van der Waals surface area contributed by atoms with Gasteiger partial charge >= 0.3 is 0 Å². The SMILES string of the molecule is C=Cc1ccc([N+](=O)[O-])cc1Sc1ccc(Cl)cc1. The smallest absolute Gasteiger partial charge is 0.258 e. The highest BCUT2D eigenvalue weighted by atomic mass is 35.5. The van der Waals surface area contributed by atoms with E-state index in [2.05, 4.69) is 6.58 Å². The normalized spacial score (nSPS) is 10.2. The number of nitro groups is 1. The molecule has 2 rings (SSSR count). The van der Waals surface area contributed by atoms with Crippen LogP contribution in [0.25, 0.3) is 6.08 Å². The number of nitro benzene ring substituents is 1. The second-order valence-corrected chi connectivity index (χ2v) is 5.29. The maximum atomic E-state index is 10.8. The van der Waals surface area contributed by atoms with E-state index in [1.54, 1.807) is 30.3 Å². The Hall–Kier alpha value is -1.78. The van der Waals surface area contributed by atoms with E-state index in [4.69, 9.17) is 11.6 Å². The Kier molecular flexibility index (Phi) is 4.24. The molecular weight excluding hydrogens is 282 g/mol. The van der Waals surface area contributed by atoms with Gasteiger partial charge in [-0.2, -0.15) is 0 Å². The van der Waals surface area contributed by atoms with Crippen LogP contribution in [0.3, 0.4) is 0 Å². The van der Waals surface area contributed by atoms with E-state index in [9.17, 15) is 10.1 Å². The minimum Gasteiger partial charge on any atom is -0.258 e. The Labute approximate surface area is 120 Å². The van der Waals surface area contributed by atoms with Crippen molar-refractivity contribution in [1.29, 1.82) is 0 Å². The first kappa shape index (κ1) is 13.6. The fourth-order valence-electron chi connectivity index (χ4n) is 1.52. The quantitative estimate of drug-likeness (QED) is 0.585. The largest absolute Gasteiger partial charge is 0.270 e.